The van der Waals surface area contributed by atoms with Crippen LogP contribution >= 0.6 is 0 Å². The van der Waals surface area contributed by atoms with E-state index in [4.69, 9.17) is 14.5 Å². The molecule has 30 heavy (non-hydrogen) atoms. The van der Waals surface area contributed by atoms with Crippen LogP contribution in [0.3, 0.4) is 0 Å². The quantitative estimate of drug-likeness (QED) is 0.653. The molecule has 4 rings (SSSR count). The summed E-state index contributed by atoms with van der Waals surface area (Å²) in [5, 5.41) is 4.89. The Morgan fingerprint density at radius 2 is 1.90 bits per heavy atom. The van der Waals surface area contributed by atoms with Gasteiger partial charge < -0.3 is 14.8 Å². The number of pyridine rings is 1. The Hall–Kier alpha value is -2.96. The van der Waals surface area contributed by atoms with Crippen molar-refractivity contribution in [2.45, 2.75) is 6.92 Å². The molecule has 6 heteroatoms. The van der Waals surface area contributed by atoms with Crippen molar-refractivity contribution >= 4 is 16.7 Å². The molecule has 156 valence electrons. The van der Waals surface area contributed by atoms with E-state index in [0.29, 0.717) is 18.8 Å². The van der Waals surface area contributed by atoms with Crippen LogP contribution in [0.4, 0.5) is 0 Å². The molecule has 0 aliphatic carbocycles. The van der Waals surface area contributed by atoms with Crippen molar-refractivity contribution < 1.29 is 14.3 Å². The molecule has 0 saturated carbocycles. The van der Waals surface area contributed by atoms with E-state index in [-0.39, 0.29) is 5.91 Å². The average Bonchev–Trinajstić information content (AvgIpc) is 2.80. The molecule has 1 fully saturated rings. The summed E-state index contributed by atoms with van der Waals surface area (Å²) in [5.41, 5.74) is 2.18. The fourth-order valence-corrected chi connectivity index (χ4v) is 3.64. The van der Waals surface area contributed by atoms with Crippen LogP contribution in [0, 0.1) is 0 Å². The van der Waals surface area contributed by atoms with Gasteiger partial charge in [-0.25, -0.2) is 4.98 Å². The van der Waals surface area contributed by atoms with Crippen molar-refractivity contribution in [1.29, 1.82) is 0 Å². The molecule has 1 saturated heterocycles. The third-order valence-electron chi connectivity index (χ3n) is 5.23. The Morgan fingerprint density at radius 1 is 1.13 bits per heavy atom. The average molecular weight is 405 g/mol. The van der Waals surface area contributed by atoms with Crippen molar-refractivity contribution in [2.24, 2.45) is 0 Å². The zero-order valence-corrected chi connectivity index (χ0v) is 17.3. The molecule has 0 bridgehead atoms. The first-order valence-electron chi connectivity index (χ1n) is 10.5. The summed E-state index contributed by atoms with van der Waals surface area (Å²) in [6.07, 6.45) is 0. The summed E-state index contributed by atoms with van der Waals surface area (Å²) < 4.78 is 10.9. The van der Waals surface area contributed by atoms with Crippen molar-refractivity contribution in [3.63, 3.8) is 0 Å². The van der Waals surface area contributed by atoms with Gasteiger partial charge in [-0.3, -0.25) is 9.69 Å². The number of fused-ring (bicyclic) bond motifs is 1. The van der Waals surface area contributed by atoms with Gasteiger partial charge in [0.15, 0.2) is 0 Å². The molecule has 2 heterocycles. The molecular weight excluding hydrogens is 378 g/mol. The first-order chi connectivity index (χ1) is 14.7. The van der Waals surface area contributed by atoms with Gasteiger partial charge in [0.25, 0.3) is 5.91 Å². The minimum Gasteiger partial charge on any atom is -0.494 e. The first-order valence-corrected chi connectivity index (χ1v) is 10.5. The van der Waals surface area contributed by atoms with Crippen LogP contribution < -0.4 is 10.1 Å². The number of morpholine rings is 1. The molecule has 6 nitrogen and oxygen atoms in total. The van der Waals surface area contributed by atoms with E-state index in [2.05, 4.69) is 10.2 Å². The second-order valence-corrected chi connectivity index (χ2v) is 7.24. The smallest absolute Gasteiger partial charge is 0.270 e. The molecule has 1 aliphatic rings. The van der Waals surface area contributed by atoms with Crippen molar-refractivity contribution in [3.05, 3.63) is 60.3 Å². The molecule has 2 aromatic carbocycles. The van der Waals surface area contributed by atoms with E-state index in [0.717, 1.165) is 60.6 Å². The summed E-state index contributed by atoms with van der Waals surface area (Å²) >= 11 is 0. The van der Waals surface area contributed by atoms with Gasteiger partial charge in [-0.05, 0) is 42.6 Å². The molecule has 0 spiro atoms. The SMILES string of the molecule is CCOc1ccc(-c2cc3ccccc3c(C(=O)NCCN3CCOCC3)n2)cc1. The molecule has 0 unspecified atom stereocenters. The lowest BCUT2D eigenvalue weighted by Crippen LogP contribution is -2.41. The number of hydrogen-bond acceptors (Lipinski definition) is 5. The second kappa shape index (κ2) is 9.69. The predicted octanol–water partition coefficient (Wildman–Crippen LogP) is 3.36. The van der Waals surface area contributed by atoms with Crippen molar-refractivity contribution in [1.82, 2.24) is 15.2 Å². The maximum absolute atomic E-state index is 13.0. The molecule has 1 amide bonds. The fraction of sp³-hybridized carbons (Fsp3) is 0.333. The minimum absolute atomic E-state index is 0.146. The highest BCUT2D eigenvalue weighted by molar-refractivity contribution is 6.06. The molecule has 1 aliphatic heterocycles. The van der Waals surface area contributed by atoms with Gasteiger partial charge >= 0.3 is 0 Å². The largest absolute Gasteiger partial charge is 0.494 e. The van der Waals surface area contributed by atoms with Gasteiger partial charge in [-0.2, -0.15) is 0 Å². The van der Waals surface area contributed by atoms with Gasteiger partial charge in [0.1, 0.15) is 11.4 Å². The first kappa shape index (κ1) is 20.3. The summed E-state index contributed by atoms with van der Waals surface area (Å²) in [6.45, 7) is 7.31. The number of rotatable bonds is 7. The van der Waals surface area contributed by atoms with Gasteiger partial charge in [-0.1, -0.05) is 24.3 Å². The maximum atomic E-state index is 13.0. The fourth-order valence-electron chi connectivity index (χ4n) is 3.64. The van der Waals surface area contributed by atoms with E-state index >= 15 is 0 Å². The Bertz CT molecular complexity index is 998. The highest BCUT2D eigenvalue weighted by Crippen LogP contribution is 2.26. The number of amides is 1. The Morgan fingerprint density at radius 3 is 2.67 bits per heavy atom. The number of ether oxygens (including phenoxy) is 2. The number of carbonyl (C=O) groups excluding carboxylic acids is 1. The predicted molar refractivity (Wildman–Crippen MR) is 118 cm³/mol. The number of aromatic nitrogens is 1. The van der Waals surface area contributed by atoms with Gasteiger partial charge in [0, 0.05) is 37.1 Å². The summed E-state index contributed by atoms with van der Waals surface area (Å²) in [7, 11) is 0. The van der Waals surface area contributed by atoms with Crippen LogP contribution in [0.5, 0.6) is 5.75 Å². The van der Waals surface area contributed by atoms with Gasteiger partial charge in [-0.15, -0.1) is 0 Å². The van der Waals surface area contributed by atoms with Crippen LogP contribution in [-0.4, -0.2) is 61.8 Å². The van der Waals surface area contributed by atoms with Crippen LogP contribution in [0.1, 0.15) is 17.4 Å². The van der Waals surface area contributed by atoms with Crippen LogP contribution in [0.15, 0.2) is 54.6 Å². The zero-order chi connectivity index (χ0) is 20.8. The Kier molecular flexibility index (Phi) is 6.57. The number of benzene rings is 2. The third kappa shape index (κ3) is 4.78. The molecule has 0 atom stereocenters. The van der Waals surface area contributed by atoms with Crippen LogP contribution in [-0.2, 0) is 4.74 Å². The number of nitrogens with one attached hydrogen (secondary N) is 1. The highest BCUT2D eigenvalue weighted by atomic mass is 16.5. The molecular formula is C24H27N3O3. The van der Waals surface area contributed by atoms with Gasteiger partial charge in [0.05, 0.1) is 25.5 Å². The monoisotopic (exact) mass is 405 g/mol. The van der Waals surface area contributed by atoms with Crippen molar-refractivity contribution in [3.8, 4) is 17.0 Å². The highest BCUT2D eigenvalue weighted by Gasteiger charge is 2.16. The lowest BCUT2D eigenvalue weighted by molar-refractivity contribution is 0.0383. The third-order valence-corrected chi connectivity index (χ3v) is 5.23. The number of nitrogens with zero attached hydrogens (tertiary/aromatic N) is 2. The maximum Gasteiger partial charge on any atom is 0.270 e. The van der Waals surface area contributed by atoms with Gasteiger partial charge in [0.2, 0.25) is 0 Å². The summed E-state index contributed by atoms with van der Waals surface area (Å²) in [4.78, 5) is 20.0. The van der Waals surface area contributed by atoms with E-state index < -0.39 is 0 Å². The molecule has 1 N–H and O–H groups in total. The standard InChI is InChI=1S/C24H27N3O3/c1-2-30-20-9-7-18(8-10-20)22-17-19-5-3-4-6-21(19)23(26-22)24(28)25-11-12-27-13-15-29-16-14-27/h3-10,17H,2,11-16H2,1H3,(H,25,28). The lowest BCUT2D eigenvalue weighted by atomic mass is 10.0. The normalized spacial score (nSPS) is 14.6. The number of carbonyl (C=O) groups is 1. The van der Waals surface area contributed by atoms with E-state index in [1.165, 1.54) is 0 Å². The molecule has 3 aromatic rings. The van der Waals surface area contributed by atoms with Crippen molar-refractivity contribution in [2.75, 3.05) is 46.0 Å². The van der Waals surface area contributed by atoms with E-state index in [9.17, 15) is 4.79 Å². The number of hydrogen-bond donors (Lipinski definition) is 1. The second-order valence-electron chi connectivity index (χ2n) is 7.24. The van der Waals surface area contributed by atoms with E-state index in [1.807, 2.05) is 61.5 Å². The lowest BCUT2D eigenvalue weighted by Gasteiger charge is -2.26. The minimum atomic E-state index is -0.146. The Balaban J connectivity index is 1.55. The molecule has 1 aromatic heterocycles. The summed E-state index contributed by atoms with van der Waals surface area (Å²) in [6, 6.07) is 17.7. The Labute approximate surface area is 176 Å². The van der Waals surface area contributed by atoms with E-state index in [1.54, 1.807) is 0 Å². The van der Waals surface area contributed by atoms with Crippen LogP contribution in [0.25, 0.3) is 22.0 Å². The summed E-state index contributed by atoms with van der Waals surface area (Å²) in [5.74, 6) is 0.676. The zero-order valence-electron chi connectivity index (χ0n) is 17.3. The van der Waals surface area contributed by atoms with Crippen LogP contribution in [0.2, 0.25) is 0 Å². The topological polar surface area (TPSA) is 63.7 Å². The molecule has 0 radical (unpaired) electrons.